The number of pyridine rings is 1. The fraction of sp³-hybridized carbons (Fsp3) is 0.310. The Morgan fingerprint density at radius 1 is 1.00 bits per heavy atom. The zero-order valence-electron chi connectivity index (χ0n) is 20.0. The summed E-state index contributed by atoms with van der Waals surface area (Å²) in [5, 5.41) is 7.89. The lowest BCUT2D eigenvalue weighted by Gasteiger charge is -2.29. The molecule has 3 N–H and O–H groups in total. The second-order valence-electron chi connectivity index (χ2n) is 9.26. The average molecular weight is 468 g/mol. The second kappa shape index (κ2) is 11.3. The number of benzene rings is 2. The Morgan fingerprint density at radius 2 is 1.80 bits per heavy atom. The van der Waals surface area contributed by atoms with E-state index in [1.165, 1.54) is 22.1 Å². The number of amides is 1. The smallest absolute Gasteiger partial charge is 0.237 e. The van der Waals surface area contributed by atoms with Crippen LogP contribution in [0, 0.1) is 0 Å². The number of nitrogens with zero attached hydrogens (tertiary/aromatic N) is 2. The lowest BCUT2D eigenvalue weighted by atomic mass is 10.00. The van der Waals surface area contributed by atoms with Gasteiger partial charge in [0.2, 0.25) is 5.91 Å². The van der Waals surface area contributed by atoms with Crippen LogP contribution >= 0.6 is 0 Å². The third-order valence-electron chi connectivity index (χ3n) is 6.91. The van der Waals surface area contributed by atoms with Gasteiger partial charge in [0.05, 0.1) is 6.04 Å². The summed E-state index contributed by atoms with van der Waals surface area (Å²) in [6.45, 7) is 4.23. The maximum Gasteiger partial charge on any atom is 0.237 e. The Morgan fingerprint density at radius 3 is 2.69 bits per heavy atom. The van der Waals surface area contributed by atoms with Gasteiger partial charge in [-0.3, -0.25) is 14.7 Å². The SMILES string of the molecule is O=C(NCCN1CCc2ccccc2C1)[C@H](Cc1c[nH]c2ccccc12)NCCc1ccncc1. The van der Waals surface area contributed by atoms with Crippen LogP contribution in [0.25, 0.3) is 10.9 Å². The van der Waals surface area contributed by atoms with E-state index in [-0.39, 0.29) is 11.9 Å². The fourth-order valence-electron chi connectivity index (χ4n) is 4.92. The summed E-state index contributed by atoms with van der Waals surface area (Å²) in [4.78, 5) is 23.1. The van der Waals surface area contributed by atoms with Gasteiger partial charge in [-0.05, 0) is 66.3 Å². The monoisotopic (exact) mass is 467 g/mol. The van der Waals surface area contributed by atoms with E-state index in [1.54, 1.807) is 0 Å². The van der Waals surface area contributed by atoms with Gasteiger partial charge in [0, 0.05) is 55.7 Å². The van der Waals surface area contributed by atoms with Crippen LogP contribution in [0.3, 0.4) is 0 Å². The van der Waals surface area contributed by atoms with Gasteiger partial charge in [-0.15, -0.1) is 0 Å². The first-order valence-electron chi connectivity index (χ1n) is 12.5. The molecule has 2 aromatic carbocycles. The second-order valence-corrected chi connectivity index (χ2v) is 9.26. The summed E-state index contributed by atoms with van der Waals surface area (Å²) in [5.74, 6) is 0.0578. The van der Waals surface area contributed by atoms with Crippen molar-refractivity contribution in [2.75, 3.05) is 26.2 Å². The van der Waals surface area contributed by atoms with Gasteiger partial charge in [0.1, 0.15) is 0 Å². The van der Waals surface area contributed by atoms with Gasteiger partial charge in [0.25, 0.3) is 0 Å². The number of hydrogen-bond donors (Lipinski definition) is 3. The van der Waals surface area contributed by atoms with Crippen molar-refractivity contribution in [3.05, 3.63) is 102 Å². The van der Waals surface area contributed by atoms with Crippen molar-refractivity contribution in [3.8, 4) is 0 Å². The van der Waals surface area contributed by atoms with Crippen LogP contribution in [-0.2, 0) is 30.6 Å². The van der Waals surface area contributed by atoms with Gasteiger partial charge in [-0.1, -0.05) is 42.5 Å². The summed E-state index contributed by atoms with van der Waals surface area (Å²) in [6, 6.07) is 20.7. The minimum Gasteiger partial charge on any atom is -0.361 e. The van der Waals surface area contributed by atoms with Crippen LogP contribution in [-0.4, -0.2) is 53.0 Å². The van der Waals surface area contributed by atoms with E-state index in [0.29, 0.717) is 13.0 Å². The zero-order chi connectivity index (χ0) is 23.9. The molecule has 1 amide bonds. The highest BCUT2D eigenvalue weighted by Crippen LogP contribution is 2.20. The molecule has 0 saturated heterocycles. The molecule has 0 bridgehead atoms. The van der Waals surface area contributed by atoms with Crippen LogP contribution in [0.5, 0.6) is 0 Å². The van der Waals surface area contributed by atoms with Gasteiger partial charge in [0.15, 0.2) is 0 Å². The lowest BCUT2D eigenvalue weighted by Crippen LogP contribution is -2.48. The van der Waals surface area contributed by atoms with Gasteiger partial charge < -0.3 is 15.6 Å². The minimum atomic E-state index is -0.293. The molecule has 6 nitrogen and oxygen atoms in total. The Labute approximate surface area is 206 Å². The molecule has 1 aliphatic heterocycles. The minimum absolute atomic E-state index is 0.0578. The number of rotatable bonds is 10. The Hall–Kier alpha value is -3.48. The summed E-state index contributed by atoms with van der Waals surface area (Å²) >= 11 is 0. The first kappa shape index (κ1) is 23.3. The molecule has 0 aliphatic carbocycles. The summed E-state index contributed by atoms with van der Waals surface area (Å²) < 4.78 is 0. The molecule has 180 valence electrons. The number of aromatic amines is 1. The largest absolute Gasteiger partial charge is 0.361 e. The molecule has 4 aromatic rings. The van der Waals surface area contributed by atoms with E-state index in [0.717, 1.165) is 50.1 Å². The number of fused-ring (bicyclic) bond motifs is 2. The molecule has 0 unspecified atom stereocenters. The summed E-state index contributed by atoms with van der Waals surface area (Å²) in [5.41, 5.74) is 6.32. The van der Waals surface area contributed by atoms with E-state index in [1.807, 2.05) is 42.9 Å². The van der Waals surface area contributed by atoms with Gasteiger partial charge >= 0.3 is 0 Å². The Balaban J connectivity index is 1.19. The van der Waals surface area contributed by atoms with E-state index in [9.17, 15) is 4.79 Å². The number of hydrogen-bond acceptors (Lipinski definition) is 4. The first-order chi connectivity index (χ1) is 17.3. The lowest BCUT2D eigenvalue weighted by molar-refractivity contribution is -0.123. The standard InChI is InChI=1S/C29H33N5O/c35-29(32-16-18-34-17-12-23-5-1-2-6-24(23)21-34)28(31-15-11-22-9-13-30-14-10-22)19-25-20-33-27-8-4-3-7-26(25)27/h1-10,13-14,20,28,31,33H,11-12,15-19,21H2,(H,32,35)/t28-/m0/s1. The van der Waals surface area contributed by atoms with Gasteiger partial charge in [-0.2, -0.15) is 0 Å². The van der Waals surface area contributed by atoms with Crippen molar-refractivity contribution in [1.82, 2.24) is 25.5 Å². The van der Waals surface area contributed by atoms with E-state index < -0.39 is 0 Å². The van der Waals surface area contributed by atoms with E-state index in [4.69, 9.17) is 0 Å². The predicted octanol–water partition coefficient (Wildman–Crippen LogP) is 3.48. The van der Waals surface area contributed by atoms with Crippen molar-refractivity contribution in [3.63, 3.8) is 0 Å². The molecule has 5 rings (SSSR count). The molecular weight excluding hydrogens is 434 g/mol. The third-order valence-corrected chi connectivity index (χ3v) is 6.91. The van der Waals surface area contributed by atoms with Crippen LogP contribution in [0.1, 0.15) is 22.3 Å². The molecule has 2 aromatic heterocycles. The molecule has 1 atom stereocenters. The van der Waals surface area contributed by atoms with Crippen molar-refractivity contribution in [1.29, 1.82) is 0 Å². The van der Waals surface area contributed by atoms with Crippen LogP contribution < -0.4 is 10.6 Å². The number of H-pyrrole nitrogens is 1. The maximum atomic E-state index is 13.3. The molecule has 0 saturated carbocycles. The van der Waals surface area contributed by atoms with Crippen molar-refractivity contribution >= 4 is 16.8 Å². The average Bonchev–Trinajstić information content (AvgIpc) is 3.31. The molecule has 3 heterocycles. The number of para-hydroxylation sites is 1. The number of nitrogens with one attached hydrogen (secondary N) is 3. The normalized spacial score (nSPS) is 14.5. The molecule has 1 aliphatic rings. The van der Waals surface area contributed by atoms with E-state index >= 15 is 0 Å². The number of carbonyl (C=O) groups excluding carboxylic acids is 1. The van der Waals surface area contributed by atoms with Crippen molar-refractivity contribution < 1.29 is 4.79 Å². The summed E-state index contributed by atoms with van der Waals surface area (Å²) in [7, 11) is 0. The Bertz CT molecular complexity index is 1250. The summed E-state index contributed by atoms with van der Waals surface area (Å²) in [6.07, 6.45) is 8.22. The third kappa shape index (κ3) is 5.96. The molecular formula is C29H33N5O. The van der Waals surface area contributed by atoms with Crippen LogP contribution in [0.15, 0.2) is 79.3 Å². The molecule has 35 heavy (non-hydrogen) atoms. The zero-order valence-corrected chi connectivity index (χ0v) is 20.0. The number of aromatic nitrogens is 2. The van der Waals surface area contributed by atoms with Crippen molar-refractivity contribution in [2.45, 2.75) is 31.8 Å². The van der Waals surface area contributed by atoms with Gasteiger partial charge in [-0.25, -0.2) is 0 Å². The molecule has 0 spiro atoms. The van der Waals surface area contributed by atoms with E-state index in [2.05, 4.69) is 61.9 Å². The quantitative estimate of drug-likeness (QED) is 0.334. The highest BCUT2D eigenvalue weighted by atomic mass is 16.2. The van der Waals surface area contributed by atoms with Crippen molar-refractivity contribution in [2.24, 2.45) is 0 Å². The first-order valence-corrected chi connectivity index (χ1v) is 12.5. The highest BCUT2D eigenvalue weighted by Gasteiger charge is 2.21. The fourth-order valence-corrected chi connectivity index (χ4v) is 4.92. The van der Waals surface area contributed by atoms with Crippen LogP contribution in [0.4, 0.5) is 0 Å². The maximum absolute atomic E-state index is 13.3. The van der Waals surface area contributed by atoms with Crippen LogP contribution in [0.2, 0.25) is 0 Å². The molecule has 0 fully saturated rings. The molecule has 6 heteroatoms. The molecule has 0 radical (unpaired) electrons. The topological polar surface area (TPSA) is 73.1 Å². The number of carbonyl (C=O) groups is 1. The predicted molar refractivity (Wildman–Crippen MR) is 140 cm³/mol. The Kier molecular flexibility index (Phi) is 7.51. The highest BCUT2D eigenvalue weighted by molar-refractivity contribution is 5.86.